The van der Waals surface area contributed by atoms with Gasteiger partial charge in [-0.2, -0.15) is 13.2 Å². The van der Waals surface area contributed by atoms with Crippen LogP contribution in [0.25, 0.3) is 0 Å². The van der Waals surface area contributed by atoms with Crippen LogP contribution in [-0.2, 0) is 11.2 Å². The van der Waals surface area contributed by atoms with Crippen molar-refractivity contribution >= 4 is 5.91 Å². The monoisotopic (exact) mass is 342 g/mol. The number of carbonyl (C=O) groups excluding carboxylic acids is 1. The number of alkyl halides is 3. The molecule has 1 aromatic rings. The minimum Gasteiger partial charge on any atom is -0.496 e. The number of hydrogen-bond donors (Lipinski definition) is 1. The summed E-state index contributed by atoms with van der Waals surface area (Å²) in [6.07, 6.45) is -1.55. The van der Waals surface area contributed by atoms with E-state index < -0.39 is 24.7 Å². The molecule has 1 aromatic carbocycles. The number of ether oxygens (including phenoxy) is 1. The van der Waals surface area contributed by atoms with Gasteiger partial charge in [-0.25, -0.2) is 0 Å². The summed E-state index contributed by atoms with van der Waals surface area (Å²) >= 11 is 0. The molecule has 1 heterocycles. The van der Waals surface area contributed by atoms with E-state index in [1.165, 1.54) is 0 Å². The molecule has 0 radical (unpaired) electrons. The van der Waals surface area contributed by atoms with Gasteiger partial charge in [0.2, 0.25) is 5.91 Å². The molecule has 3 rings (SSSR count). The van der Waals surface area contributed by atoms with Crippen molar-refractivity contribution in [3.8, 4) is 5.75 Å². The Bertz CT molecular complexity index is 618. The van der Waals surface area contributed by atoms with Crippen LogP contribution in [0.3, 0.4) is 0 Å². The molecule has 1 fully saturated rings. The number of hydrogen-bond acceptors (Lipinski definition) is 3. The summed E-state index contributed by atoms with van der Waals surface area (Å²) < 4.78 is 43.2. The van der Waals surface area contributed by atoms with Crippen LogP contribution in [0.4, 0.5) is 13.2 Å². The van der Waals surface area contributed by atoms with Crippen molar-refractivity contribution in [3.63, 3.8) is 0 Å². The number of fused-ring (bicyclic) bond motifs is 1. The first kappa shape index (κ1) is 17.1. The number of benzene rings is 1. The minimum absolute atomic E-state index is 0.0186. The van der Waals surface area contributed by atoms with Gasteiger partial charge >= 0.3 is 6.18 Å². The maximum atomic E-state index is 12.6. The smallest absolute Gasteiger partial charge is 0.406 e. The van der Waals surface area contributed by atoms with Crippen molar-refractivity contribution in [2.75, 3.05) is 20.2 Å². The second-order valence-corrected chi connectivity index (χ2v) is 6.36. The van der Waals surface area contributed by atoms with Gasteiger partial charge in [0.15, 0.2) is 0 Å². The van der Waals surface area contributed by atoms with Crippen LogP contribution in [0.15, 0.2) is 18.2 Å². The third-order valence-corrected chi connectivity index (χ3v) is 4.75. The highest BCUT2D eigenvalue weighted by Crippen LogP contribution is 2.37. The molecule has 4 nitrogen and oxygen atoms in total. The van der Waals surface area contributed by atoms with Crippen molar-refractivity contribution in [1.29, 1.82) is 0 Å². The fourth-order valence-corrected chi connectivity index (χ4v) is 3.70. The molecule has 1 amide bonds. The largest absolute Gasteiger partial charge is 0.496 e. The van der Waals surface area contributed by atoms with Crippen molar-refractivity contribution < 1.29 is 22.7 Å². The van der Waals surface area contributed by atoms with Gasteiger partial charge in [0, 0.05) is 12.6 Å². The molecule has 0 unspecified atom stereocenters. The summed E-state index contributed by atoms with van der Waals surface area (Å²) in [6.45, 7) is -0.995. The Morgan fingerprint density at radius 1 is 1.29 bits per heavy atom. The van der Waals surface area contributed by atoms with Crippen LogP contribution in [-0.4, -0.2) is 43.2 Å². The van der Waals surface area contributed by atoms with E-state index in [4.69, 9.17) is 4.74 Å². The van der Waals surface area contributed by atoms with Crippen LogP contribution < -0.4 is 10.1 Å². The lowest BCUT2D eigenvalue weighted by Crippen LogP contribution is -2.53. The lowest BCUT2D eigenvalue weighted by atomic mass is 10.0. The molecule has 0 aromatic heterocycles. The van der Waals surface area contributed by atoms with Gasteiger partial charge in [-0.1, -0.05) is 12.1 Å². The summed E-state index contributed by atoms with van der Waals surface area (Å²) in [6, 6.07) is 5.22. The molecular weight excluding hydrogens is 321 g/mol. The second-order valence-electron chi connectivity index (χ2n) is 6.36. The molecule has 0 bridgehead atoms. The fourth-order valence-electron chi connectivity index (χ4n) is 3.70. The van der Waals surface area contributed by atoms with Gasteiger partial charge < -0.3 is 9.64 Å². The maximum absolute atomic E-state index is 12.6. The number of nitrogens with one attached hydrogen (secondary N) is 1. The number of halogens is 3. The highest BCUT2D eigenvalue weighted by Gasteiger charge is 2.38. The maximum Gasteiger partial charge on any atom is 0.406 e. The summed E-state index contributed by atoms with van der Waals surface area (Å²) in [5.74, 6) is 0.375. The molecule has 0 saturated carbocycles. The predicted molar refractivity (Wildman–Crippen MR) is 82.8 cm³/mol. The fraction of sp³-hybridized carbons (Fsp3) is 0.588. The number of methoxy groups -OCH3 is 1. The van der Waals surface area contributed by atoms with Crippen LogP contribution in [0.1, 0.15) is 36.4 Å². The van der Waals surface area contributed by atoms with E-state index in [0.717, 1.165) is 34.6 Å². The molecular formula is C17H21F3N2O2. The Hall–Kier alpha value is -1.76. The molecule has 2 atom stereocenters. The van der Waals surface area contributed by atoms with Gasteiger partial charge in [0.05, 0.1) is 13.2 Å². The van der Waals surface area contributed by atoms with Gasteiger partial charge in [0.25, 0.3) is 0 Å². The zero-order chi connectivity index (χ0) is 17.3. The van der Waals surface area contributed by atoms with Crippen molar-refractivity contribution in [2.45, 2.75) is 43.9 Å². The summed E-state index contributed by atoms with van der Waals surface area (Å²) in [5, 5.41) is 3.28. The van der Waals surface area contributed by atoms with Gasteiger partial charge in [0.1, 0.15) is 12.3 Å². The lowest BCUT2D eigenvalue weighted by molar-refractivity contribution is -0.165. The number of likely N-dealkylation sites (tertiary alicyclic amines) is 1. The molecule has 1 aliphatic heterocycles. The Labute approximate surface area is 139 Å². The standard InChI is InChI=1S/C17H21F3N2O2/c1-24-15-6-2-4-11-12(15)7-8-13(11)21-14-5-3-9-22(16(14)23)10-17(18,19)20/h2,4,6,13-14,21H,3,5,7-10H2,1H3/t13-,14-/m1/s1. The van der Waals surface area contributed by atoms with Crippen molar-refractivity contribution in [3.05, 3.63) is 29.3 Å². The summed E-state index contributed by atoms with van der Waals surface area (Å²) in [5.41, 5.74) is 2.20. The molecule has 1 aliphatic carbocycles. The van der Waals surface area contributed by atoms with Crippen molar-refractivity contribution in [2.24, 2.45) is 0 Å². The quantitative estimate of drug-likeness (QED) is 0.915. The van der Waals surface area contributed by atoms with Crippen LogP contribution in [0, 0.1) is 0 Å². The van der Waals surface area contributed by atoms with E-state index in [1.807, 2.05) is 18.2 Å². The summed E-state index contributed by atoms with van der Waals surface area (Å²) in [7, 11) is 1.62. The van der Waals surface area contributed by atoms with Crippen LogP contribution in [0.5, 0.6) is 5.75 Å². The Balaban J connectivity index is 1.70. The van der Waals surface area contributed by atoms with E-state index in [1.54, 1.807) is 7.11 Å². The molecule has 24 heavy (non-hydrogen) atoms. The molecule has 0 spiro atoms. The number of nitrogens with zero attached hydrogens (tertiary/aromatic N) is 1. The Morgan fingerprint density at radius 3 is 2.79 bits per heavy atom. The molecule has 1 saturated heterocycles. The average Bonchev–Trinajstić information content (AvgIpc) is 2.93. The first-order chi connectivity index (χ1) is 11.4. The SMILES string of the molecule is COc1cccc2c1CC[C@H]2N[C@@H]1CCCN(CC(F)(F)F)C1=O. The molecule has 1 N–H and O–H groups in total. The number of piperidine rings is 1. The number of rotatable bonds is 4. The zero-order valence-electron chi connectivity index (χ0n) is 13.5. The highest BCUT2D eigenvalue weighted by molar-refractivity contribution is 5.82. The highest BCUT2D eigenvalue weighted by atomic mass is 19.4. The third kappa shape index (κ3) is 3.50. The van der Waals surface area contributed by atoms with E-state index >= 15 is 0 Å². The normalized spacial score (nSPS) is 24.2. The second kappa shape index (κ2) is 6.63. The summed E-state index contributed by atoms with van der Waals surface area (Å²) in [4.78, 5) is 13.3. The van der Waals surface area contributed by atoms with Crippen LogP contribution in [0.2, 0.25) is 0 Å². The third-order valence-electron chi connectivity index (χ3n) is 4.75. The van der Waals surface area contributed by atoms with E-state index in [9.17, 15) is 18.0 Å². The van der Waals surface area contributed by atoms with Crippen LogP contribution >= 0.6 is 0 Å². The minimum atomic E-state index is -4.36. The number of carbonyl (C=O) groups is 1. The average molecular weight is 342 g/mol. The van der Waals surface area contributed by atoms with E-state index in [0.29, 0.717) is 12.8 Å². The zero-order valence-corrected chi connectivity index (χ0v) is 13.5. The molecule has 2 aliphatic rings. The van der Waals surface area contributed by atoms with Crippen molar-refractivity contribution in [1.82, 2.24) is 10.2 Å². The number of amides is 1. The first-order valence-electron chi connectivity index (χ1n) is 8.16. The first-order valence-corrected chi connectivity index (χ1v) is 8.16. The molecule has 132 valence electrons. The molecule has 7 heteroatoms. The van der Waals surface area contributed by atoms with Gasteiger partial charge in [-0.05, 0) is 42.9 Å². The predicted octanol–water partition coefficient (Wildman–Crippen LogP) is 2.83. The lowest BCUT2D eigenvalue weighted by Gasteiger charge is -2.34. The van der Waals surface area contributed by atoms with E-state index in [2.05, 4.69) is 5.32 Å². The van der Waals surface area contributed by atoms with Gasteiger partial charge in [-0.15, -0.1) is 0 Å². The Morgan fingerprint density at radius 2 is 2.08 bits per heavy atom. The topological polar surface area (TPSA) is 41.6 Å². The van der Waals surface area contributed by atoms with E-state index in [-0.39, 0.29) is 12.6 Å². The van der Waals surface area contributed by atoms with Gasteiger partial charge in [-0.3, -0.25) is 10.1 Å². The Kier molecular flexibility index (Phi) is 4.71.